The van der Waals surface area contributed by atoms with E-state index in [9.17, 15) is 0 Å². The molecule has 2 rings (SSSR count). The van der Waals surface area contributed by atoms with Crippen molar-refractivity contribution in [2.75, 3.05) is 33.4 Å². The summed E-state index contributed by atoms with van der Waals surface area (Å²) in [5.74, 6) is 2.46. The molecular formula is C16H24BrNO2. The summed E-state index contributed by atoms with van der Waals surface area (Å²) in [5, 5.41) is 0. The molecule has 0 aliphatic carbocycles. The minimum absolute atomic E-state index is 0.634. The van der Waals surface area contributed by atoms with Crippen LogP contribution in [0.4, 0.5) is 0 Å². The number of methoxy groups -OCH3 is 1. The predicted molar refractivity (Wildman–Crippen MR) is 86.0 cm³/mol. The van der Waals surface area contributed by atoms with Crippen molar-refractivity contribution in [1.29, 1.82) is 0 Å². The largest absolute Gasteiger partial charge is 0.493 e. The van der Waals surface area contributed by atoms with E-state index in [-0.39, 0.29) is 0 Å². The Labute approximate surface area is 130 Å². The first-order chi connectivity index (χ1) is 9.70. The van der Waals surface area contributed by atoms with Crippen LogP contribution in [0, 0.1) is 5.92 Å². The van der Waals surface area contributed by atoms with Crippen molar-refractivity contribution in [2.45, 2.75) is 24.6 Å². The van der Waals surface area contributed by atoms with E-state index in [4.69, 9.17) is 9.47 Å². The molecule has 1 unspecified atom stereocenters. The monoisotopic (exact) mass is 341 g/mol. The first-order valence-corrected chi connectivity index (χ1v) is 8.24. The number of alkyl halides is 1. The molecule has 1 aliphatic heterocycles. The van der Waals surface area contributed by atoms with Crippen molar-refractivity contribution in [3.63, 3.8) is 0 Å². The number of rotatable bonds is 6. The second kappa shape index (κ2) is 7.89. The molecule has 1 atom stereocenters. The quantitative estimate of drug-likeness (QED) is 0.738. The Morgan fingerprint density at radius 2 is 1.90 bits per heavy atom. The Hall–Kier alpha value is -0.740. The molecule has 20 heavy (non-hydrogen) atoms. The Morgan fingerprint density at radius 1 is 1.25 bits per heavy atom. The molecule has 0 saturated carbocycles. The van der Waals surface area contributed by atoms with Crippen LogP contribution < -0.4 is 9.47 Å². The van der Waals surface area contributed by atoms with E-state index in [0.717, 1.165) is 30.6 Å². The predicted octanol–water partition coefficient (Wildman–Crippen LogP) is 3.57. The second-order valence-corrected chi connectivity index (χ2v) is 6.80. The van der Waals surface area contributed by atoms with Crippen molar-refractivity contribution in [1.82, 2.24) is 4.90 Å². The maximum Gasteiger partial charge on any atom is 0.161 e. The van der Waals surface area contributed by atoms with Crippen molar-refractivity contribution in [3.05, 3.63) is 24.3 Å². The molecule has 0 amide bonds. The summed E-state index contributed by atoms with van der Waals surface area (Å²) >= 11 is 3.70. The Balaban J connectivity index is 1.72. The number of halogens is 1. The topological polar surface area (TPSA) is 21.7 Å². The standard InChI is InChI=1S/C16H24BrNO2/c1-13(17)14-7-9-18(10-8-14)11-12-20-16-6-4-3-5-15(16)19-2/h3-6,13-14H,7-12H2,1-2H3. The number of ether oxygens (including phenoxy) is 2. The van der Waals surface area contributed by atoms with Gasteiger partial charge in [-0.15, -0.1) is 0 Å². The zero-order valence-corrected chi connectivity index (χ0v) is 13.9. The number of para-hydroxylation sites is 2. The van der Waals surface area contributed by atoms with Crippen LogP contribution in [0.5, 0.6) is 11.5 Å². The van der Waals surface area contributed by atoms with Gasteiger partial charge in [0.15, 0.2) is 11.5 Å². The SMILES string of the molecule is COc1ccccc1OCCN1CCC(C(C)Br)CC1. The lowest BCUT2D eigenvalue weighted by Gasteiger charge is -2.33. The minimum Gasteiger partial charge on any atom is -0.493 e. The summed E-state index contributed by atoms with van der Waals surface area (Å²) in [5.41, 5.74) is 0. The van der Waals surface area contributed by atoms with Crippen molar-refractivity contribution >= 4 is 15.9 Å². The van der Waals surface area contributed by atoms with Gasteiger partial charge in [-0.25, -0.2) is 0 Å². The molecule has 0 aromatic heterocycles. The van der Waals surface area contributed by atoms with Gasteiger partial charge in [0.1, 0.15) is 6.61 Å². The Morgan fingerprint density at radius 3 is 2.50 bits per heavy atom. The fourth-order valence-corrected chi connectivity index (χ4v) is 3.19. The average molecular weight is 342 g/mol. The van der Waals surface area contributed by atoms with Crippen LogP contribution >= 0.6 is 15.9 Å². The molecule has 1 aromatic carbocycles. The lowest BCUT2D eigenvalue weighted by atomic mass is 9.94. The van der Waals surface area contributed by atoms with E-state index in [1.807, 2.05) is 24.3 Å². The number of hydrogen-bond donors (Lipinski definition) is 0. The zero-order valence-electron chi connectivity index (χ0n) is 12.3. The van der Waals surface area contributed by atoms with Gasteiger partial charge in [0.25, 0.3) is 0 Å². The van der Waals surface area contributed by atoms with Crippen LogP contribution in [0.15, 0.2) is 24.3 Å². The molecule has 0 radical (unpaired) electrons. The van der Waals surface area contributed by atoms with Crippen LogP contribution in [-0.4, -0.2) is 43.1 Å². The first kappa shape index (κ1) is 15.6. The summed E-state index contributed by atoms with van der Waals surface area (Å²) in [4.78, 5) is 3.12. The molecule has 1 aliphatic rings. The highest BCUT2D eigenvalue weighted by Gasteiger charge is 2.22. The third-order valence-corrected chi connectivity index (χ3v) is 4.76. The van der Waals surface area contributed by atoms with Gasteiger partial charge in [-0.3, -0.25) is 4.90 Å². The Bertz CT molecular complexity index is 403. The molecule has 3 nitrogen and oxygen atoms in total. The van der Waals surface area contributed by atoms with Crippen LogP contribution in [0.3, 0.4) is 0 Å². The maximum atomic E-state index is 5.83. The van der Waals surface area contributed by atoms with Gasteiger partial charge >= 0.3 is 0 Å². The first-order valence-electron chi connectivity index (χ1n) is 7.33. The summed E-state index contributed by atoms with van der Waals surface area (Å²) in [6.45, 7) is 6.31. The highest BCUT2D eigenvalue weighted by Crippen LogP contribution is 2.26. The molecule has 0 bridgehead atoms. The molecule has 1 fully saturated rings. The molecule has 1 heterocycles. The van der Waals surface area contributed by atoms with Gasteiger partial charge in [-0.05, 0) is 44.0 Å². The lowest BCUT2D eigenvalue weighted by Crippen LogP contribution is -2.38. The van der Waals surface area contributed by atoms with E-state index in [1.165, 1.54) is 25.9 Å². The number of hydrogen-bond acceptors (Lipinski definition) is 3. The number of nitrogens with zero attached hydrogens (tertiary/aromatic N) is 1. The molecule has 1 saturated heterocycles. The van der Waals surface area contributed by atoms with E-state index >= 15 is 0 Å². The smallest absolute Gasteiger partial charge is 0.161 e. The van der Waals surface area contributed by atoms with Crippen molar-refractivity contribution in [3.8, 4) is 11.5 Å². The summed E-state index contributed by atoms with van der Waals surface area (Å²) in [6, 6.07) is 7.81. The summed E-state index contributed by atoms with van der Waals surface area (Å²) in [7, 11) is 1.68. The molecule has 0 N–H and O–H groups in total. The molecular weight excluding hydrogens is 318 g/mol. The molecule has 112 valence electrons. The zero-order chi connectivity index (χ0) is 14.4. The maximum absolute atomic E-state index is 5.83. The fourth-order valence-electron chi connectivity index (χ4n) is 2.66. The van der Waals surface area contributed by atoms with Crippen LogP contribution in [0.2, 0.25) is 0 Å². The highest BCUT2D eigenvalue weighted by molar-refractivity contribution is 9.09. The van der Waals surface area contributed by atoms with Gasteiger partial charge in [0.2, 0.25) is 0 Å². The van der Waals surface area contributed by atoms with Crippen LogP contribution in [0.1, 0.15) is 19.8 Å². The Kier molecular flexibility index (Phi) is 6.17. The highest BCUT2D eigenvalue weighted by atomic mass is 79.9. The second-order valence-electron chi connectivity index (χ2n) is 5.36. The van der Waals surface area contributed by atoms with Gasteiger partial charge in [-0.1, -0.05) is 35.0 Å². The number of likely N-dealkylation sites (tertiary alicyclic amines) is 1. The van der Waals surface area contributed by atoms with E-state index in [2.05, 4.69) is 27.8 Å². The lowest BCUT2D eigenvalue weighted by molar-refractivity contribution is 0.154. The van der Waals surface area contributed by atoms with Crippen LogP contribution in [-0.2, 0) is 0 Å². The van der Waals surface area contributed by atoms with Gasteiger partial charge in [-0.2, -0.15) is 0 Å². The average Bonchev–Trinajstić information content (AvgIpc) is 2.48. The van der Waals surface area contributed by atoms with Gasteiger partial charge in [0, 0.05) is 11.4 Å². The molecule has 1 aromatic rings. The normalized spacial score (nSPS) is 18.8. The van der Waals surface area contributed by atoms with Gasteiger partial charge in [0.05, 0.1) is 7.11 Å². The third kappa shape index (κ3) is 4.38. The summed E-state index contributed by atoms with van der Waals surface area (Å²) in [6.07, 6.45) is 2.56. The van der Waals surface area contributed by atoms with Crippen molar-refractivity contribution < 1.29 is 9.47 Å². The molecule has 0 spiro atoms. The fraction of sp³-hybridized carbons (Fsp3) is 0.625. The number of piperidine rings is 1. The van der Waals surface area contributed by atoms with Crippen molar-refractivity contribution in [2.24, 2.45) is 5.92 Å². The van der Waals surface area contributed by atoms with E-state index < -0.39 is 0 Å². The third-order valence-electron chi connectivity index (χ3n) is 4.02. The van der Waals surface area contributed by atoms with Crippen LogP contribution in [0.25, 0.3) is 0 Å². The number of benzene rings is 1. The van der Waals surface area contributed by atoms with Gasteiger partial charge < -0.3 is 9.47 Å². The minimum atomic E-state index is 0.634. The van der Waals surface area contributed by atoms with E-state index in [1.54, 1.807) is 7.11 Å². The molecule has 4 heteroatoms. The van der Waals surface area contributed by atoms with E-state index in [0.29, 0.717) is 4.83 Å². The summed E-state index contributed by atoms with van der Waals surface area (Å²) < 4.78 is 11.1.